The van der Waals surface area contributed by atoms with Crippen molar-refractivity contribution in [3.8, 4) is 0 Å². The average molecular weight is 260 g/mol. The van der Waals surface area contributed by atoms with Crippen LogP contribution in [0, 0.1) is 12.7 Å². The fourth-order valence-electron chi connectivity index (χ4n) is 1.60. The second-order valence-corrected chi connectivity index (χ2v) is 5.09. The number of halogens is 1. The maximum atomic E-state index is 13.0. The predicted molar refractivity (Wildman–Crippen MR) is 72.6 cm³/mol. The van der Waals surface area contributed by atoms with Crippen molar-refractivity contribution in [2.45, 2.75) is 11.8 Å². The molecule has 0 saturated heterocycles. The van der Waals surface area contributed by atoms with Crippen molar-refractivity contribution in [1.82, 2.24) is 0 Å². The highest BCUT2D eigenvalue weighted by Gasteiger charge is 2.07. The van der Waals surface area contributed by atoms with Gasteiger partial charge in [-0.25, -0.2) is 4.39 Å². The monoisotopic (exact) mass is 260 g/mol. The molecule has 0 aliphatic rings. The molecular weight excluding hydrogens is 247 g/mol. The molecule has 18 heavy (non-hydrogen) atoms. The molecule has 0 fully saturated rings. The third-order valence-electron chi connectivity index (χ3n) is 2.51. The molecule has 2 aromatic carbocycles. The maximum Gasteiger partial charge on any atom is 0.173 e. The molecule has 3 heteroatoms. The van der Waals surface area contributed by atoms with Gasteiger partial charge in [-0.1, -0.05) is 29.8 Å². The summed E-state index contributed by atoms with van der Waals surface area (Å²) in [4.78, 5) is 12.9. The van der Waals surface area contributed by atoms with Gasteiger partial charge < -0.3 is 0 Å². The summed E-state index contributed by atoms with van der Waals surface area (Å²) in [6, 6.07) is 13.8. The number of thioether (sulfide) groups is 1. The molecule has 0 atom stereocenters. The van der Waals surface area contributed by atoms with Crippen LogP contribution in [0.3, 0.4) is 0 Å². The molecule has 0 N–H and O–H groups in total. The van der Waals surface area contributed by atoms with E-state index >= 15 is 0 Å². The van der Waals surface area contributed by atoms with Gasteiger partial charge in [0.05, 0.1) is 5.75 Å². The molecule has 0 aliphatic heterocycles. The molecule has 2 aromatic rings. The lowest BCUT2D eigenvalue weighted by Gasteiger charge is -2.03. The summed E-state index contributed by atoms with van der Waals surface area (Å²) in [6.07, 6.45) is 0. The van der Waals surface area contributed by atoms with Crippen molar-refractivity contribution in [2.75, 3.05) is 5.75 Å². The Bertz CT molecular complexity index is 566. The van der Waals surface area contributed by atoms with E-state index in [2.05, 4.69) is 0 Å². The Morgan fingerprint density at radius 1 is 1.17 bits per heavy atom. The summed E-state index contributed by atoms with van der Waals surface area (Å²) in [5.41, 5.74) is 1.59. The minimum absolute atomic E-state index is 0.0546. The van der Waals surface area contributed by atoms with E-state index in [0.29, 0.717) is 11.3 Å². The van der Waals surface area contributed by atoms with Crippen LogP contribution in [0.15, 0.2) is 53.4 Å². The highest BCUT2D eigenvalue weighted by atomic mass is 32.2. The molecular formula is C15H13FOS. The zero-order chi connectivity index (χ0) is 13.0. The molecule has 0 unspecified atom stereocenters. The Balaban J connectivity index is 2.00. The number of carbonyl (C=O) groups excluding carboxylic acids is 1. The molecule has 2 rings (SSSR count). The second kappa shape index (κ2) is 5.83. The zero-order valence-corrected chi connectivity index (χ0v) is 10.8. The molecule has 0 radical (unpaired) electrons. The van der Waals surface area contributed by atoms with Gasteiger partial charge in [-0.05, 0) is 31.2 Å². The van der Waals surface area contributed by atoms with Gasteiger partial charge >= 0.3 is 0 Å². The molecule has 0 heterocycles. The average Bonchev–Trinajstić information content (AvgIpc) is 2.36. The fourth-order valence-corrected chi connectivity index (χ4v) is 2.51. The fraction of sp³-hybridized carbons (Fsp3) is 0.133. The first-order chi connectivity index (χ1) is 8.65. The van der Waals surface area contributed by atoms with Gasteiger partial charge in [-0.2, -0.15) is 0 Å². The van der Waals surface area contributed by atoms with Crippen molar-refractivity contribution >= 4 is 17.5 Å². The van der Waals surface area contributed by atoms with Gasteiger partial charge in [0.1, 0.15) is 5.82 Å². The lowest BCUT2D eigenvalue weighted by molar-refractivity contribution is 0.102. The molecule has 0 amide bonds. The maximum absolute atomic E-state index is 13.0. The third kappa shape index (κ3) is 3.44. The Labute approximate surface area is 110 Å². The lowest BCUT2D eigenvalue weighted by Crippen LogP contribution is -2.02. The van der Waals surface area contributed by atoms with Crippen LogP contribution in [0.2, 0.25) is 0 Å². The van der Waals surface area contributed by atoms with Gasteiger partial charge in [-0.3, -0.25) is 4.79 Å². The van der Waals surface area contributed by atoms with Crippen LogP contribution in [0.4, 0.5) is 4.39 Å². The first-order valence-corrected chi connectivity index (χ1v) is 6.62. The Morgan fingerprint density at radius 3 is 2.67 bits per heavy atom. The number of Topliss-reactive ketones (excluding diaryl/α,β-unsaturated/α-hetero) is 1. The lowest BCUT2D eigenvalue weighted by atomic mass is 10.1. The number of ketones is 1. The Hall–Kier alpha value is -1.61. The number of hydrogen-bond acceptors (Lipinski definition) is 2. The highest BCUT2D eigenvalue weighted by molar-refractivity contribution is 8.00. The number of aryl methyl sites for hydroxylation is 1. The summed E-state index contributed by atoms with van der Waals surface area (Å²) >= 11 is 1.47. The van der Waals surface area contributed by atoms with E-state index < -0.39 is 0 Å². The van der Waals surface area contributed by atoms with Crippen LogP contribution in [-0.4, -0.2) is 11.5 Å². The molecule has 0 spiro atoms. The second-order valence-electron chi connectivity index (χ2n) is 4.04. The van der Waals surface area contributed by atoms with Gasteiger partial charge in [0.2, 0.25) is 0 Å². The minimum atomic E-state index is -0.374. The highest BCUT2D eigenvalue weighted by Crippen LogP contribution is 2.20. The Kier molecular flexibility index (Phi) is 4.15. The van der Waals surface area contributed by atoms with E-state index in [1.165, 1.54) is 29.5 Å². The molecule has 92 valence electrons. The first-order valence-electron chi connectivity index (χ1n) is 5.63. The van der Waals surface area contributed by atoms with Crippen molar-refractivity contribution < 1.29 is 9.18 Å². The summed E-state index contributed by atoms with van der Waals surface area (Å²) in [7, 11) is 0. The van der Waals surface area contributed by atoms with Crippen molar-refractivity contribution in [1.29, 1.82) is 0 Å². The Morgan fingerprint density at radius 2 is 1.94 bits per heavy atom. The molecule has 0 aromatic heterocycles. The SMILES string of the molecule is Cc1cccc(SCC(=O)c2cccc(F)c2)c1. The van der Waals surface area contributed by atoms with Crippen LogP contribution in [-0.2, 0) is 0 Å². The molecule has 0 saturated carbocycles. The standard InChI is InChI=1S/C15H13FOS/c1-11-4-2-7-14(8-11)18-10-15(17)12-5-3-6-13(16)9-12/h2-9H,10H2,1H3. The van der Waals surface area contributed by atoms with Crippen molar-refractivity contribution in [3.63, 3.8) is 0 Å². The van der Waals surface area contributed by atoms with Crippen LogP contribution in [0.25, 0.3) is 0 Å². The minimum Gasteiger partial charge on any atom is -0.293 e. The molecule has 0 bridgehead atoms. The largest absolute Gasteiger partial charge is 0.293 e. The summed E-state index contributed by atoms with van der Waals surface area (Å²) < 4.78 is 13.0. The molecule has 0 aliphatic carbocycles. The topological polar surface area (TPSA) is 17.1 Å². The number of carbonyl (C=O) groups is 1. The quantitative estimate of drug-likeness (QED) is 0.608. The van der Waals surface area contributed by atoms with Crippen molar-refractivity contribution in [3.05, 3.63) is 65.5 Å². The van der Waals surface area contributed by atoms with Crippen LogP contribution < -0.4 is 0 Å². The summed E-state index contributed by atoms with van der Waals surface area (Å²) in [6.45, 7) is 2.01. The predicted octanol–water partition coefficient (Wildman–Crippen LogP) is 4.11. The van der Waals surface area contributed by atoms with Gasteiger partial charge in [-0.15, -0.1) is 11.8 Å². The summed E-state index contributed by atoms with van der Waals surface area (Å²) in [5.74, 6) is -0.102. The van der Waals surface area contributed by atoms with Gasteiger partial charge in [0.15, 0.2) is 5.78 Å². The molecule has 1 nitrogen and oxygen atoms in total. The van der Waals surface area contributed by atoms with Crippen LogP contribution in [0.5, 0.6) is 0 Å². The smallest absolute Gasteiger partial charge is 0.173 e. The van der Waals surface area contributed by atoms with E-state index in [0.717, 1.165) is 4.90 Å². The van der Waals surface area contributed by atoms with E-state index in [1.807, 2.05) is 31.2 Å². The van der Waals surface area contributed by atoms with Crippen LogP contribution in [0.1, 0.15) is 15.9 Å². The number of benzene rings is 2. The van der Waals surface area contributed by atoms with Crippen LogP contribution >= 0.6 is 11.8 Å². The zero-order valence-electron chi connectivity index (χ0n) is 10.0. The number of hydrogen-bond donors (Lipinski definition) is 0. The normalized spacial score (nSPS) is 10.3. The first kappa shape index (κ1) is 12.8. The van der Waals surface area contributed by atoms with Crippen molar-refractivity contribution in [2.24, 2.45) is 0 Å². The third-order valence-corrected chi connectivity index (χ3v) is 3.50. The van der Waals surface area contributed by atoms with E-state index in [-0.39, 0.29) is 11.6 Å². The number of rotatable bonds is 4. The van der Waals surface area contributed by atoms with E-state index in [9.17, 15) is 9.18 Å². The van der Waals surface area contributed by atoms with E-state index in [4.69, 9.17) is 0 Å². The van der Waals surface area contributed by atoms with Gasteiger partial charge in [0, 0.05) is 10.5 Å². The summed E-state index contributed by atoms with van der Waals surface area (Å²) in [5, 5.41) is 0. The van der Waals surface area contributed by atoms with Gasteiger partial charge in [0.25, 0.3) is 0 Å². The van der Waals surface area contributed by atoms with E-state index in [1.54, 1.807) is 12.1 Å².